The summed E-state index contributed by atoms with van der Waals surface area (Å²) in [5.41, 5.74) is 7.18. The Hall–Kier alpha value is -2.14. The Bertz CT molecular complexity index is 686. The molecule has 0 saturated heterocycles. The summed E-state index contributed by atoms with van der Waals surface area (Å²) >= 11 is 0. The number of rotatable bonds is 4. The highest BCUT2D eigenvalue weighted by Gasteiger charge is 2.41. The normalized spacial score (nSPS) is 29.8. The molecule has 1 heterocycles. The molecule has 132 valence electrons. The largest absolute Gasteiger partial charge is 0.351 e. The first-order valence-electron chi connectivity index (χ1n) is 9.32. The van der Waals surface area contributed by atoms with E-state index in [4.69, 9.17) is 5.73 Å². The number of benzene rings is 1. The Morgan fingerprint density at radius 1 is 1.16 bits per heavy atom. The van der Waals surface area contributed by atoms with E-state index < -0.39 is 6.04 Å². The lowest BCUT2D eigenvalue weighted by molar-refractivity contribution is -0.125. The van der Waals surface area contributed by atoms with E-state index in [1.807, 2.05) is 42.6 Å². The number of hydrogen-bond acceptors (Lipinski definition) is 3. The van der Waals surface area contributed by atoms with E-state index in [-0.39, 0.29) is 11.9 Å². The van der Waals surface area contributed by atoms with Gasteiger partial charge in [-0.25, -0.2) is 0 Å². The van der Waals surface area contributed by atoms with Gasteiger partial charge in [-0.05, 0) is 49.1 Å². The Morgan fingerprint density at radius 3 is 2.52 bits per heavy atom. The van der Waals surface area contributed by atoms with Crippen molar-refractivity contribution < 1.29 is 4.79 Å². The SMILES string of the molecule is NC1CC2CCCC(C1)C2NC(=O)C(c1ccccc1)n1cccn1. The molecule has 0 spiro atoms. The van der Waals surface area contributed by atoms with Crippen molar-refractivity contribution in [1.29, 1.82) is 0 Å². The number of nitrogens with zero attached hydrogens (tertiary/aromatic N) is 2. The number of fused-ring (bicyclic) bond motifs is 2. The third-order valence-corrected chi connectivity index (χ3v) is 5.84. The predicted molar refractivity (Wildman–Crippen MR) is 96.8 cm³/mol. The molecule has 5 heteroatoms. The molecule has 3 atom stereocenters. The molecule has 3 unspecified atom stereocenters. The molecule has 1 aromatic carbocycles. The zero-order chi connectivity index (χ0) is 17.2. The Labute approximate surface area is 148 Å². The lowest BCUT2D eigenvalue weighted by Crippen LogP contribution is -2.55. The minimum atomic E-state index is -0.424. The fourth-order valence-electron chi connectivity index (χ4n) is 4.76. The average Bonchev–Trinajstić information content (AvgIpc) is 3.11. The second-order valence-electron chi connectivity index (χ2n) is 7.52. The number of amides is 1. The van der Waals surface area contributed by atoms with E-state index in [1.54, 1.807) is 10.9 Å². The van der Waals surface area contributed by atoms with Crippen LogP contribution < -0.4 is 11.1 Å². The van der Waals surface area contributed by atoms with Gasteiger partial charge in [0, 0.05) is 24.5 Å². The van der Waals surface area contributed by atoms with Crippen molar-refractivity contribution in [3.8, 4) is 0 Å². The number of hydrogen-bond donors (Lipinski definition) is 2. The van der Waals surface area contributed by atoms with Crippen LogP contribution in [0.15, 0.2) is 48.8 Å². The van der Waals surface area contributed by atoms with Crippen molar-refractivity contribution in [2.24, 2.45) is 17.6 Å². The first kappa shape index (κ1) is 16.3. The van der Waals surface area contributed by atoms with E-state index in [9.17, 15) is 4.79 Å². The van der Waals surface area contributed by atoms with Gasteiger partial charge in [-0.3, -0.25) is 9.48 Å². The predicted octanol–water partition coefficient (Wildman–Crippen LogP) is 2.49. The van der Waals surface area contributed by atoms with Crippen LogP contribution in [-0.2, 0) is 4.79 Å². The van der Waals surface area contributed by atoms with Crippen molar-refractivity contribution in [3.05, 3.63) is 54.4 Å². The van der Waals surface area contributed by atoms with Crippen molar-refractivity contribution in [3.63, 3.8) is 0 Å². The average molecular weight is 338 g/mol. The molecule has 4 rings (SSSR count). The highest BCUT2D eigenvalue weighted by atomic mass is 16.2. The molecule has 2 bridgehead atoms. The van der Waals surface area contributed by atoms with Gasteiger partial charge in [0.05, 0.1) is 0 Å². The maximum atomic E-state index is 13.2. The molecule has 3 N–H and O–H groups in total. The van der Waals surface area contributed by atoms with Crippen LogP contribution in [0, 0.1) is 11.8 Å². The van der Waals surface area contributed by atoms with E-state index in [1.165, 1.54) is 19.3 Å². The van der Waals surface area contributed by atoms with Crippen LogP contribution in [0.1, 0.15) is 43.7 Å². The van der Waals surface area contributed by atoms with Gasteiger partial charge in [0.1, 0.15) is 0 Å². The minimum Gasteiger partial charge on any atom is -0.351 e. The summed E-state index contributed by atoms with van der Waals surface area (Å²) in [7, 11) is 0. The second-order valence-corrected chi connectivity index (χ2v) is 7.52. The summed E-state index contributed by atoms with van der Waals surface area (Å²) in [6.45, 7) is 0. The van der Waals surface area contributed by atoms with E-state index in [2.05, 4.69) is 10.4 Å². The maximum absolute atomic E-state index is 13.2. The number of nitrogens with one attached hydrogen (secondary N) is 1. The fraction of sp³-hybridized carbons (Fsp3) is 0.500. The highest BCUT2D eigenvalue weighted by Crippen LogP contribution is 2.40. The van der Waals surface area contributed by atoms with Crippen LogP contribution in [0.25, 0.3) is 0 Å². The quantitative estimate of drug-likeness (QED) is 0.899. The van der Waals surface area contributed by atoms with Gasteiger partial charge in [-0.15, -0.1) is 0 Å². The number of nitrogens with two attached hydrogens (primary N) is 1. The van der Waals surface area contributed by atoms with Crippen LogP contribution in [0.3, 0.4) is 0 Å². The fourth-order valence-corrected chi connectivity index (χ4v) is 4.76. The maximum Gasteiger partial charge on any atom is 0.249 e. The lowest BCUT2D eigenvalue weighted by atomic mass is 9.67. The van der Waals surface area contributed by atoms with Crippen LogP contribution >= 0.6 is 0 Å². The minimum absolute atomic E-state index is 0.0345. The monoisotopic (exact) mass is 338 g/mol. The van der Waals surface area contributed by atoms with Crippen molar-refractivity contribution >= 4 is 5.91 Å². The first-order valence-corrected chi connectivity index (χ1v) is 9.32. The molecule has 2 fully saturated rings. The molecule has 2 saturated carbocycles. The molecule has 25 heavy (non-hydrogen) atoms. The summed E-state index contributed by atoms with van der Waals surface area (Å²) < 4.78 is 1.75. The molecular weight excluding hydrogens is 312 g/mol. The molecule has 1 amide bonds. The molecule has 0 radical (unpaired) electrons. The van der Waals surface area contributed by atoms with Gasteiger partial charge in [0.15, 0.2) is 6.04 Å². The Morgan fingerprint density at radius 2 is 1.88 bits per heavy atom. The van der Waals surface area contributed by atoms with E-state index in [0.717, 1.165) is 18.4 Å². The van der Waals surface area contributed by atoms with Gasteiger partial charge in [-0.2, -0.15) is 5.10 Å². The van der Waals surface area contributed by atoms with Crippen LogP contribution in [0.5, 0.6) is 0 Å². The molecule has 0 aliphatic heterocycles. The molecular formula is C20H26N4O. The number of carbonyl (C=O) groups is 1. The van der Waals surface area contributed by atoms with Gasteiger partial charge in [-0.1, -0.05) is 36.8 Å². The molecule has 2 aliphatic rings. The zero-order valence-electron chi connectivity index (χ0n) is 14.4. The van der Waals surface area contributed by atoms with Crippen LogP contribution in [0.4, 0.5) is 0 Å². The summed E-state index contributed by atoms with van der Waals surface area (Å²) in [5.74, 6) is 1.06. The third kappa shape index (κ3) is 3.33. The number of aromatic nitrogens is 2. The van der Waals surface area contributed by atoms with Gasteiger partial charge < -0.3 is 11.1 Å². The summed E-state index contributed by atoms with van der Waals surface area (Å²) in [6.07, 6.45) is 9.24. The van der Waals surface area contributed by atoms with Crippen LogP contribution in [-0.4, -0.2) is 27.8 Å². The molecule has 5 nitrogen and oxygen atoms in total. The smallest absolute Gasteiger partial charge is 0.249 e. The van der Waals surface area contributed by atoms with Gasteiger partial charge in [0.25, 0.3) is 0 Å². The summed E-state index contributed by atoms with van der Waals surface area (Å²) in [6, 6.07) is 11.9. The van der Waals surface area contributed by atoms with Crippen molar-refractivity contribution in [1.82, 2.24) is 15.1 Å². The van der Waals surface area contributed by atoms with Gasteiger partial charge in [0.2, 0.25) is 5.91 Å². The van der Waals surface area contributed by atoms with Crippen molar-refractivity contribution in [2.45, 2.75) is 50.2 Å². The summed E-state index contributed by atoms with van der Waals surface area (Å²) in [4.78, 5) is 13.2. The summed E-state index contributed by atoms with van der Waals surface area (Å²) in [5, 5.41) is 7.70. The first-order chi connectivity index (χ1) is 12.2. The van der Waals surface area contributed by atoms with Crippen LogP contribution in [0.2, 0.25) is 0 Å². The van der Waals surface area contributed by atoms with Gasteiger partial charge >= 0.3 is 0 Å². The lowest BCUT2D eigenvalue weighted by Gasteiger charge is -2.45. The van der Waals surface area contributed by atoms with E-state index >= 15 is 0 Å². The topological polar surface area (TPSA) is 72.9 Å². The highest BCUT2D eigenvalue weighted by molar-refractivity contribution is 5.83. The van der Waals surface area contributed by atoms with E-state index in [0.29, 0.717) is 17.9 Å². The Balaban J connectivity index is 1.57. The molecule has 2 aliphatic carbocycles. The number of carbonyl (C=O) groups excluding carboxylic acids is 1. The zero-order valence-corrected chi connectivity index (χ0v) is 14.4. The molecule has 1 aromatic heterocycles. The third-order valence-electron chi connectivity index (χ3n) is 5.84. The van der Waals surface area contributed by atoms with Crippen molar-refractivity contribution in [2.75, 3.05) is 0 Å². The molecule has 2 aromatic rings. The second kappa shape index (κ2) is 7.00. The standard InChI is InChI=1S/C20H26N4O/c21-17-12-15-8-4-9-16(13-17)18(15)23-20(25)19(24-11-5-10-22-24)14-6-2-1-3-7-14/h1-3,5-7,10-11,15-19H,4,8-9,12-13,21H2,(H,23,25). The Kier molecular flexibility index (Phi) is 4.57.